The minimum atomic E-state index is 0.0225. The summed E-state index contributed by atoms with van der Waals surface area (Å²) in [6, 6.07) is 2.44. The molecule has 15 rings (SSSR count). The molecule has 9 saturated carbocycles. The van der Waals surface area contributed by atoms with Crippen LogP contribution in [0, 0.1) is 85.8 Å². The van der Waals surface area contributed by atoms with E-state index in [9.17, 15) is 4.79 Å². The highest BCUT2D eigenvalue weighted by atomic mass is 16.7. The molecular formula is C93H162N6O7. The third-order valence-corrected chi connectivity index (χ3v) is 34.1. The lowest BCUT2D eigenvalue weighted by Crippen LogP contribution is -2.62. The monoisotopic (exact) mass is 1480 g/mol. The Labute approximate surface area is 649 Å². The molecule has 13 heteroatoms. The zero-order valence-corrected chi connectivity index (χ0v) is 70.5. The average molecular weight is 1480 g/mol. The molecule has 0 aromatic rings. The molecule has 0 aromatic carbocycles. The smallest absolute Gasteiger partial charge is 0.160 e. The summed E-state index contributed by atoms with van der Waals surface area (Å²) < 4.78 is 39.5. The summed E-state index contributed by atoms with van der Waals surface area (Å²) in [5.74, 6) is 5.42. The van der Waals surface area contributed by atoms with E-state index in [4.69, 9.17) is 28.4 Å². The van der Waals surface area contributed by atoms with Crippen molar-refractivity contribution < 1.29 is 33.2 Å². The number of ether oxygens (including phenoxy) is 6. The largest absolute Gasteiger partial charge is 0.352 e. The van der Waals surface area contributed by atoms with Crippen LogP contribution < -0.4 is 5.32 Å². The molecule has 106 heavy (non-hydrogen) atoms. The van der Waals surface area contributed by atoms with Crippen molar-refractivity contribution in [1.29, 1.82) is 0 Å². The Hall–Kier alpha value is -1.59. The van der Waals surface area contributed by atoms with Crippen LogP contribution in [0.5, 0.6) is 0 Å². The second kappa shape index (κ2) is 37.3. The highest BCUT2D eigenvalue weighted by Gasteiger charge is 2.64. The van der Waals surface area contributed by atoms with Crippen molar-refractivity contribution in [3.63, 3.8) is 0 Å². The summed E-state index contributed by atoms with van der Waals surface area (Å²) in [6.45, 7) is 62.2. The van der Waals surface area contributed by atoms with E-state index in [2.05, 4.69) is 133 Å². The molecule has 9 aliphatic carbocycles. The number of allylic oxidation sites excluding steroid dienone is 3. The van der Waals surface area contributed by atoms with Crippen LogP contribution in [0.4, 0.5) is 0 Å². The summed E-state index contributed by atoms with van der Waals surface area (Å²) in [5.41, 5.74) is 5.58. The van der Waals surface area contributed by atoms with E-state index in [1.807, 2.05) is 0 Å². The fourth-order valence-electron chi connectivity index (χ4n) is 27.6. The van der Waals surface area contributed by atoms with Gasteiger partial charge in [0.25, 0.3) is 0 Å². The molecule has 6 saturated heterocycles. The molecule has 0 aromatic heterocycles. The number of nitrogens with zero attached hydrogens (tertiary/aromatic N) is 5. The van der Waals surface area contributed by atoms with Crippen molar-refractivity contribution in [2.24, 2.45) is 85.8 Å². The maximum atomic E-state index is 11.3. The lowest BCUT2D eigenvalue weighted by molar-refractivity contribution is -0.316. The van der Waals surface area contributed by atoms with E-state index in [-0.39, 0.29) is 40.5 Å². The second-order valence-electron chi connectivity index (χ2n) is 39.4. The number of fused-ring (bicyclic) bond motifs is 9. The number of rotatable bonds is 20. The first-order valence-electron chi connectivity index (χ1n) is 45.8. The zero-order valence-electron chi connectivity index (χ0n) is 70.5. The molecule has 1 N–H and O–H groups in total. The van der Waals surface area contributed by atoms with Gasteiger partial charge >= 0.3 is 0 Å². The summed E-state index contributed by atoms with van der Waals surface area (Å²) in [7, 11) is 0. The minimum Gasteiger partial charge on any atom is -0.352 e. The zero-order chi connectivity index (χ0) is 75.0. The Kier molecular flexibility index (Phi) is 29.5. The van der Waals surface area contributed by atoms with Crippen LogP contribution in [0.15, 0.2) is 36.5 Å². The van der Waals surface area contributed by atoms with Crippen molar-refractivity contribution in [2.75, 3.05) is 111 Å². The van der Waals surface area contributed by atoms with Crippen LogP contribution in [-0.2, 0) is 33.2 Å². The number of carbonyl (C=O) groups is 1. The molecule has 6 aliphatic heterocycles. The first kappa shape index (κ1) is 83.8. The molecule has 4 unspecified atom stereocenters. The first-order chi connectivity index (χ1) is 51.1. The molecule has 0 radical (unpaired) electrons. The molecule has 15 aliphatic rings. The van der Waals surface area contributed by atoms with Crippen LogP contribution in [0.1, 0.15) is 295 Å². The van der Waals surface area contributed by atoms with E-state index in [0.717, 1.165) is 63.5 Å². The number of carbonyl (C=O) groups excluding carboxylic acids is 1. The van der Waals surface area contributed by atoms with Crippen molar-refractivity contribution in [2.45, 2.75) is 350 Å². The van der Waals surface area contributed by atoms with Gasteiger partial charge in [-0.3, -0.25) is 0 Å². The molecule has 6 heterocycles. The number of piperidine rings is 3. The highest BCUT2D eigenvalue weighted by molar-refractivity contribution is 5.51. The number of likely N-dealkylation sites (tertiary alicyclic amines) is 2. The van der Waals surface area contributed by atoms with Gasteiger partial charge in [-0.1, -0.05) is 158 Å². The second-order valence-corrected chi connectivity index (χ2v) is 39.4. The highest BCUT2D eigenvalue weighted by Crippen LogP contribution is 2.67. The van der Waals surface area contributed by atoms with Gasteiger partial charge in [-0.05, 0) is 310 Å². The van der Waals surface area contributed by atoms with Crippen molar-refractivity contribution in [1.82, 2.24) is 29.8 Å². The lowest BCUT2D eigenvalue weighted by atomic mass is 9.46. The van der Waals surface area contributed by atoms with Gasteiger partial charge in [0.2, 0.25) is 0 Å². The number of hydrogen-bond donors (Lipinski definition) is 1. The van der Waals surface area contributed by atoms with Crippen LogP contribution in [0.25, 0.3) is 0 Å². The molecule has 15 fully saturated rings. The average Bonchev–Trinajstić information content (AvgIpc) is 0.955. The van der Waals surface area contributed by atoms with E-state index >= 15 is 0 Å². The standard InChI is InChI=1S/2C31H54N2O2.C22H34O3.C9H20N2/c2*1-6-33(7-2)25-15-19-32(20-16-25)21-17-26-23(3)12-13-27-30(26,4)18-14-28-31(27,5)22-34-29(35-28)24-10-8-9-11-24;1-15-8-9-18-21(2,17(15)11-13-23)12-10-19-22(18,3)14-24-20(25-19)16-6-4-5-7-16;1-3-11(4-2)9-5-7-10-8-6-9/h2*24-29H,3,6-22H2,1-2,4-5H3;13,16-20H,1,4-12,14H2,2-3H3;9-10H,3-8H2,1-2H3/t2*26-,27?,28-,29-,30+,31+;17-,18?,19-,20?,21+,22+;/m111./s1. The molecular weight excluding hydrogens is 1310 g/mol. The Bertz CT molecular complexity index is 2630. The van der Waals surface area contributed by atoms with Crippen LogP contribution in [-0.4, -0.2) is 198 Å². The normalized spacial score (nSPS) is 41.1. The van der Waals surface area contributed by atoms with Crippen molar-refractivity contribution in [3.8, 4) is 0 Å². The maximum absolute atomic E-state index is 11.3. The van der Waals surface area contributed by atoms with Crippen LogP contribution >= 0.6 is 0 Å². The first-order valence-corrected chi connectivity index (χ1v) is 45.8. The van der Waals surface area contributed by atoms with Crippen molar-refractivity contribution >= 4 is 6.29 Å². The van der Waals surface area contributed by atoms with Crippen LogP contribution in [0.2, 0.25) is 0 Å². The summed E-state index contributed by atoms with van der Waals surface area (Å²) in [4.78, 5) is 24.7. The molecule has 0 spiro atoms. The minimum absolute atomic E-state index is 0.0225. The van der Waals surface area contributed by atoms with Gasteiger partial charge in [0.15, 0.2) is 18.9 Å². The molecule has 18 atom stereocenters. The Morgan fingerprint density at radius 1 is 0.396 bits per heavy atom. The third kappa shape index (κ3) is 17.8. The topological polar surface area (TPSA) is 101 Å². The molecule has 13 nitrogen and oxygen atoms in total. The number of aldehydes is 1. The van der Waals surface area contributed by atoms with Gasteiger partial charge in [-0.25, -0.2) is 0 Å². The SMILES string of the molecule is C=C1CCC2[C@]3(C)COC(C4CCCC4)O[C@@H]3CC[C@@]2(C)[C@@H]1CC=O.C=C1CCC2[C@]3(C)CO[C@@H](C4CCCC4)O[C@@H]3CC[C@@]2(C)[C@@H]1CCN1CCC(N(CC)CC)CC1.C=C1CCC2[C@]3(C)CO[C@@H](C4CCCC4)O[C@@H]3CC[C@@]2(C)[C@@H]1CCN1CCC(N(CC)CC)CC1.CCN(CC)C1CCNCC1. The molecule has 0 amide bonds. The summed E-state index contributed by atoms with van der Waals surface area (Å²) in [6.07, 6.45) is 43.7. The molecule has 0 bridgehead atoms. The Morgan fingerprint density at radius 3 is 0.991 bits per heavy atom. The quantitative estimate of drug-likeness (QED) is 0.0926. The van der Waals surface area contributed by atoms with Gasteiger partial charge in [0.05, 0.1) is 38.1 Å². The predicted octanol–water partition coefficient (Wildman–Crippen LogP) is 19.0. The van der Waals surface area contributed by atoms with Gasteiger partial charge in [-0.15, -0.1) is 0 Å². The Balaban J connectivity index is 0.000000140. The van der Waals surface area contributed by atoms with Gasteiger partial charge in [0, 0.05) is 58.5 Å². The Morgan fingerprint density at radius 2 is 0.689 bits per heavy atom. The summed E-state index contributed by atoms with van der Waals surface area (Å²) in [5, 5.41) is 3.39. The summed E-state index contributed by atoms with van der Waals surface area (Å²) >= 11 is 0. The van der Waals surface area contributed by atoms with Crippen LogP contribution in [0.3, 0.4) is 0 Å². The van der Waals surface area contributed by atoms with Gasteiger partial charge in [0.1, 0.15) is 6.29 Å². The number of nitrogens with one attached hydrogen (secondary N) is 1. The van der Waals surface area contributed by atoms with Gasteiger partial charge in [-0.2, -0.15) is 0 Å². The number of hydrogen-bond acceptors (Lipinski definition) is 13. The van der Waals surface area contributed by atoms with E-state index < -0.39 is 0 Å². The van der Waals surface area contributed by atoms with E-state index in [1.165, 1.54) is 295 Å². The predicted molar refractivity (Wildman–Crippen MR) is 436 cm³/mol. The van der Waals surface area contributed by atoms with E-state index in [1.54, 1.807) is 0 Å². The van der Waals surface area contributed by atoms with E-state index in [0.29, 0.717) is 88.8 Å². The fourth-order valence-corrected chi connectivity index (χ4v) is 27.6. The lowest BCUT2D eigenvalue weighted by Gasteiger charge is -2.63. The maximum Gasteiger partial charge on any atom is 0.160 e. The molecule has 606 valence electrons. The van der Waals surface area contributed by atoms with Gasteiger partial charge < -0.3 is 63.0 Å². The third-order valence-electron chi connectivity index (χ3n) is 34.1. The van der Waals surface area contributed by atoms with Crippen molar-refractivity contribution in [3.05, 3.63) is 36.5 Å². The fraction of sp³-hybridized carbons (Fsp3) is 0.925.